The van der Waals surface area contributed by atoms with Gasteiger partial charge in [0.05, 0.1) is 0 Å². The molecule has 1 aromatic carbocycles. The van der Waals surface area contributed by atoms with E-state index < -0.39 is 5.69 Å². The maximum atomic E-state index is 12.6. The van der Waals surface area contributed by atoms with Gasteiger partial charge in [0.2, 0.25) is 0 Å². The number of halogens is 1. The minimum Gasteiger partial charge on any atom is -0.450 e. The molecule has 24 heavy (non-hydrogen) atoms. The Bertz CT molecular complexity index is 1150. The molecule has 7 heteroatoms. The first-order valence-corrected chi connectivity index (χ1v) is 7.73. The second kappa shape index (κ2) is 5.35. The predicted octanol–water partition coefficient (Wildman–Crippen LogP) is 3.53. The third-order valence-corrected chi connectivity index (χ3v) is 4.04. The van der Waals surface area contributed by atoms with Gasteiger partial charge in [-0.2, -0.15) is 4.98 Å². The minimum absolute atomic E-state index is 0.381. The van der Waals surface area contributed by atoms with Crippen molar-refractivity contribution in [2.75, 3.05) is 12.4 Å². The van der Waals surface area contributed by atoms with Gasteiger partial charge in [-0.05, 0) is 37.3 Å². The van der Waals surface area contributed by atoms with Crippen LogP contribution in [0.5, 0.6) is 0 Å². The van der Waals surface area contributed by atoms with Gasteiger partial charge in [0.25, 0.3) is 0 Å². The molecular formula is C17H13ClN4O2. The van der Waals surface area contributed by atoms with Crippen molar-refractivity contribution >= 4 is 39.5 Å². The molecule has 0 fully saturated rings. The lowest BCUT2D eigenvalue weighted by atomic mass is 10.2. The normalized spacial score (nSPS) is 11.3. The molecule has 0 spiro atoms. The number of hydrogen-bond acceptors (Lipinski definition) is 5. The lowest BCUT2D eigenvalue weighted by molar-refractivity contribution is 0.664. The van der Waals surface area contributed by atoms with E-state index in [-0.39, 0.29) is 0 Å². The van der Waals surface area contributed by atoms with Crippen molar-refractivity contribution < 1.29 is 4.42 Å². The predicted molar refractivity (Wildman–Crippen MR) is 94.2 cm³/mol. The number of pyridine rings is 1. The van der Waals surface area contributed by atoms with Crippen molar-refractivity contribution in [3.8, 4) is 5.82 Å². The van der Waals surface area contributed by atoms with Gasteiger partial charge in [-0.3, -0.25) is 0 Å². The molecule has 0 bridgehead atoms. The standard InChI is InChI=1S/C17H13ClN4O2/c1-9-4-3-5-13(20-9)22-14-11-8-10(18)6-7-12(11)24-15(14)16(19-2)21-17(22)23/h3-8H,1-2H3,(H,19,21,23). The van der Waals surface area contributed by atoms with E-state index >= 15 is 0 Å². The van der Waals surface area contributed by atoms with E-state index in [1.807, 2.05) is 19.1 Å². The van der Waals surface area contributed by atoms with Crippen molar-refractivity contribution in [3.63, 3.8) is 0 Å². The van der Waals surface area contributed by atoms with E-state index in [1.165, 1.54) is 4.57 Å². The Morgan fingerprint density at radius 2 is 2.04 bits per heavy atom. The van der Waals surface area contributed by atoms with Crippen molar-refractivity contribution in [2.45, 2.75) is 6.92 Å². The largest absolute Gasteiger partial charge is 0.450 e. The number of nitrogens with zero attached hydrogens (tertiary/aromatic N) is 3. The van der Waals surface area contributed by atoms with Gasteiger partial charge in [-0.1, -0.05) is 17.7 Å². The lowest BCUT2D eigenvalue weighted by Gasteiger charge is -2.08. The summed E-state index contributed by atoms with van der Waals surface area (Å²) < 4.78 is 7.36. The van der Waals surface area contributed by atoms with Crippen molar-refractivity contribution in [3.05, 3.63) is 57.6 Å². The van der Waals surface area contributed by atoms with Crippen LogP contribution in [0.15, 0.2) is 45.6 Å². The molecule has 0 radical (unpaired) electrons. The summed E-state index contributed by atoms with van der Waals surface area (Å²) in [4.78, 5) is 21.2. The minimum atomic E-state index is -0.437. The highest BCUT2D eigenvalue weighted by atomic mass is 35.5. The number of rotatable bonds is 2. The third kappa shape index (κ3) is 2.15. The number of furan rings is 1. The lowest BCUT2D eigenvalue weighted by Crippen LogP contribution is -2.23. The molecule has 3 aromatic heterocycles. The fourth-order valence-corrected chi connectivity index (χ4v) is 2.94. The van der Waals surface area contributed by atoms with Crippen LogP contribution in [0.2, 0.25) is 5.02 Å². The maximum absolute atomic E-state index is 12.6. The maximum Gasteiger partial charge on any atom is 0.356 e. The molecule has 3 heterocycles. The summed E-state index contributed by atoms with van der Waals surface area (Å²) >= 11 is 6.14. The highest BCUT2D eigenvalue weighted by Crippen LogP contribution is 2.33. The van der Waals surface area contributed by atoms with Crippen LogP contribution in [0.4, 0.5) is 5.82 Å². The molecule has 0 aliphatic carbocycles. The van der Waals surface area contributed by atoms with E-state index in [9.17, 15) is 4.79 Å². The van der Waals surface area contributed by atoms with E-state index in [1.54, 1.807) is 31.3 Å². The highest BCUT2D eigenvalue weighted by Gasteiger charge is 2.19. The molecule has 0 aliphatic heterocycles. The van der Waals surface area contributed by atoms with Crippen LogP contribution in [0, 0.1) is 6.92 Å². The van der Waals surface area contributed by atoms with E-state index in [0.29, 0.717) is 33.3 Å². The first-order chi connectivity index (χ1) is 11.6. The molecular weight excluding hydrogens is 328 g/mol. The number of nitrogens with one attached hydrogen (secondary N) is 1. The summed E-state index contributed by atoms with van der Waals surface area (Å²) in [5.41, 5.74) is 2.07. The van der Waals surface area contributed by atoms with Crippen LogP contribution < -0.4 is 11.0 Å². The second-order valence-electron chi connectivity index (χ2n) is 5.39. The van der Waals surface area contributed by atoms with Gasteiger partial charge >= 0.3 is 5.69 Å². The topological polar surface area (TPSA) is 73.0 Å². The van der Waals surface area contributed by atoms with Crippen molar-refractivity contribution in [1.82, 2.24) is 14.5 Å². The average Bonchev–Trinajstić information content (AvgIpc) is 2.92. The van der Waals surface area contributed by atoms with Gasteiger partial charge in [0, 0.05) is 23.2 Å². The Hall–Kier alpha value is -2.86. The smallest absolute Gasteiger partial charge is 0.356 e. The molecule has 6 nitrogen and oxygen atoms in total. The Labute approximate surface area is 141 Å². The monoisotopic (exact) mass is 340 g/mol. The summed E-state index contributed by atoms with van der Waals surface area (Å²) in [5.74, 6) is 0.869. The van der Waals surface area contributed by atoms with Crippen LogP contribution in [0.3, 0.4) is 0 Å². The van der Waals surface area contributed by atoms with Crippen LogP contribution in [0.1, 0.15) is 5.69 Å². The van der Waals surface area contributed by atoms with Crippen molar-refractivity contribution in [1.29, 1.82) is 0 Å². The molecule has 120 valence electrons. The Kier molecular flexibility index (Phi) is 3.28. The summed E-state index contributed by atoms with van der Waals surface area (Å²) in [5, 5.41) is 4.20. The molecule has 0 amide bonds. The van der Waals surface area contributed by atoms with Crippen LogP contribution >= 0.6 is 11.6 Å². The molecule has 0 aliphatic rings. The van der Waals surface area contributed by atoms with Crippen molar-refractivity contribution in [2.24, 2.45) is 0 Å². The molecule has 0 unspecified atom stereocenters. The Morgan fingerprint density at radius 1 is 1.21 bits per heavy atom. The molecule has 0 saturated carbocycles. The zero-order valence-electron chi connectivity index (χ0n) is 13.0. The summed E-state index contributed by atoms with van der Waals surface area (Å²) in [6.45, 7) is 1.87. The molecule has 0 saturated heterocycles. The quantitative estimate of drug-likeness (QED) is 0.604. The number of aryl methyl sites for hydroxylation is 1. The van der Waals surface area contributed by atoms with Gasteiger partial charge in [-0.25, -0.2) is 14.3 Å². The SMILES string of the molecule is CNc1nc(=O)n(-c2cccc(C)n2)c2c1oc1ccc(Cl)cc12. The Balaban J connectivity index is 2.24. The summed E-state index contributed by atoms with van der Waals surface area (Å²) in [6, 6.07) is 10.8. The molecule has 1 N–H and O–H groups in total. The first kappa shape index (κ1) is 14.7. The van der Waals surface area contributed by atoms with E-state index in [0.717, 1.165) is 11.1 Å². The van der Waals surface area contributed by atoms with Crippen LogP contribution in [0.25, 0.3) is 27.9 Å². The highest BCUT2D eigenvalue weighted by molar-refractivity contribution is 6.31. The third-order valence-electron chi connectivity index (χ3n) is 3.80. The van der Waals surface area contributed by atoms with Crippen LogP contribution in [-0.4, -0.2) is 21.6 Å². The summed E-state index contributed by atoms with van der Waals surface area (Å²) in [7, 11) is 1.69. The van der Waals surface area contributed by atoms with Gasteiger partial charge in [-0.15, -0.1) is 0 Å². The van der Waals surface area contributed by atoms with Gasteiger partial charge in [0.1, 0.15) is 16.9 Å². The average molecular weight is 341 g/mol. The fourth-order valence-electron chi connectivity index (χ4n) is 2.77. The van der Waals surface area contributed by atoms with Gasteiger partial charge < -0.3 is 9.73 Å². The molecule has 0 atom stereocenters. The van der Waals surface area contributed by atoms with Gasteiger partial charge in [0.15, 0.2) is 11.4 Å². The molecule has 4 rings (SSSR count). The summed E-state index contributed by atoms with van der Waals surface area (Å²) in [6.07, 6.45) is 0. The number of benzene rings is 1. The number of fused-ring (bicyclic) bond motifs is 3. The number of aromatic nitrogens is 3. The van der Waals surface area contributed by atoms with E-state index in [2.05, 4.69) is 15.3 Å². The fraction of sp³-hybridized carbons (Fsp3) is 0.118. The number of hydrogen-bond donors (Lipinski definition) is 1. The number of anilines is 1. The molecule has 4 aromatic rings. The Morgan fingerprint density at radius 3 is 2.79 bits per heavy atom. The van der Waals surface area contributed by atoms with E-state index in [4.69, 9.17) is 16.0 Å². The van der Waals surface area contributed by atoms with Crippen LogP contribution in [-0.2, 0) is 0 Å². The zero-order valence-corrected chi connectivity index (χ0v) is 13.8. The zero-order chi connectivity index (χ0) is 16.8. The second-order valence-corrected chi connectivity index (χ2v) is 5.82. The first-order valence-electron chi connectivity index (χ1n) is 7.35.